The molecule has 190 valence electrons. The molecule has 2 N–H and O–H groups in total. The predicted octanol–water partition coefficient (Wildman–Crippen LogP) is 5.45. The van der Waals surface area contributed by atoms with E-state index in [0.717, 1.165) is 32.1 Å². The number of carbonyl (C=O) groups is 1. The molecule has 0 aromatic rings. The maximum Gasteiger partial charge on any atom is 0.305 e. The van der Waals surface area contributed by atoms with Gasteiger partial charge in [-0.1, -0.05) is 34.1 Å². The minimum atomic E-state index is -3.15. The summed E-state index contributed by atoms with van der Waals surface area (Å²) in [6, 6.07) is 0. The van der Waals surface area contributed by atoms with Gasteiger partial charge in [0.05, 0.1) is 13.2 Å². The Morgan fingerprint density at radius 1 is 1.06 bits per heavy atom. The van der Waals surface area contributed by atoms with E-state index in [2.05, 4.69) is 13.8 Å². The maximum atomic E-state index is 15.4. The second-order valence-corrected chi connectivity index (χ2v) is 12.4. The first kappa shape index (κ1) is 25.3. The van der Waals surface area contributed by atoms with Crippen molar-refractivity contribution in [2.75, 3.05) is 7.11 Å². The van der Waals surface area contributed by atoms with E-state index < -0.39 is 35.4 Å². The third kappa shape index (κ3) is 3.68. The molecule has 0 bridgehead atoms. The fraction of sp³-hybridized carbons (Fsp3) is 0.963. The largest absolute Gasteiger partial charge is 0.469 e. The zero-order chi connectivity index (χ0) is 24.3. The van der Waals surface area contributed by atoms with Crippen molar-refractivity contribution >= 4 is 5.97 Å². The number of carbonyl (C=O) groups excluding carboxylic acids is 1. The Bertz CT molecular complexity index is 744. The molecule has 0 aromatic heterocycles. The summed E-state index contributed by atoms with van der Waals surface area (Å²) in [6.07, 6.45) is 4.11. The van der Waals surface area contributed by atoms with Crippen molar-refractivity contribution in [3.63, 3.8) is 0 Å². The van der Waals surface area contributed by atoms with Crippen molar-refractivity contribution in [3.05, 3.63) is 0 Å². The van der Waals surface area contributed by atoms with Gasteiger partial charge in [0, 0.05) is 12.3 Å². The number of alkyl halides is 2. The Morgan fingerprint density at radius 2 is 1.70 bits per heavy atom. The lowest BCUT2D eigenvalue weighted by molar-refractivity contribution is -0.286. The van der Waals surface area contributed by atoms with Gasteiger partial charge in [-0.05, 0) is 91.3 Å². The fourth-order valence-corrected chi connectivity index (χ4v) is 9.66. The summed E-state index contributed by atoms with van der Waals surface area (Å²) in [4.78, 5) is 11.7. The molecule has 0 radical (unpaired) electrons. The van der Waals surface area contributed by atoms with Crippen LogP contribution in [0.4, 0.5) is 8.78 Å². The first-order chi connectivity index (χ1) is 15.4. The van der Waals surface area contributed by atoms with Crippen LogP contribution in [0.5, 0.6) is 0 Å². The Labute approximate surface area is 197 Å². The van der Waals surface area contributed by atoms with Crippen LogP contribution in [0.25, 0.3) is 0 Å². The van der Waals surface area contributed by atoms with Gasteiger partial charge in [0.25, 0.3) is 5.92 Å². The summed E-state index contributed by atoms with van der Waals surface area (Å²) in [7, 11) is 1.43. The summed E-state index contributed by atoms with van der Waals surface area (Å²) >= 11 is 0. The zero-order valence-electron chi connectivity index (χ0n) is 21.0. The zero-order valence-corrected chi connectivity index (χ0v) is 21.0. The SMILES string of the molecule is CC[C@@H]1[C@@H]2C(F)(F)[C@H](O)CC[C@]2(C)C2CC[C@@]3(C)C(CCC3[C@H](C)CCC(=O)OC)C2[C@@H]1O. The third-order valence-electron chi connectivity index (χ3n) is 11.2. The summed E-state index contributed by atoms with van der Waals surface area (Å²) in [5, 5.41) is 21.9. The lowest BCUT2D eigenvalue weighted by Gasteiger charge is -2.65. The standard InChI is InChI=1S/C27H44F2O4/c1-6-16-23(32)22-18-9-8-17(15(2)7-10-21(31)33-5)25(18,3)13-11-19(22)26(4)14-12-20(30)27(28,29)24(16)26/h15-20,22-24,30,32H,6-14H2,1-5H3/t15-,16+,17?,18?,19?,20-,22?,23-,24+,25-,26-/m1/s1. The maximum absolute atomic E-state index is 15.4. The number of aliphatic hydroxyl groups excluding tert-OH is 2. The normalized spacial score (nSPS) is 49.5. The minimum absolute atomic E-state index is 0.0406. The van der Waals surface area contributed by atoms with Crippen LogP contribution in [-0.4, -0.2) is 41.4 Å². The average molecular weight is 471 g/mol. The molecular formula is C27H44F2O4. The molecule has 4 fully saturated rings. The molecule has 0 amide bonds. The topological polar surface area (TPSA) is 66.8 Å². The van der Waals surface area contributed by atoms with Gasteiger partial charge >= 0.3 is 5.97 Å². The summed E-state index contributed by atoms with van der Waals surface area (Å²) in [5.74, 6) is -3.48. The predicted molar refractivity (Wildman–Crippen MR) is 123 cm³/mol. The average Bonchev–Trinajstić information content (AvgIpc) is 3.13. The lowest BCUT2D eigenvalue weighted by atomic mass is 9.40. The smallest absolute Gasteiger partial charge is 0.305 e. The van der Waals surface area contributed by atoms with Crippen LogP contribution in [-0.2, 0) is 9.53 Å². The monoisotopic (exact) mass is 470 g/mol. The van der Waals surface area contributed by atoms with Crippen LogP contribution in [0.3, 0.4) is 0 Å². The van der Waals surface area contributed by atoms with Crippen LogP contribution in [0.15, 0.2) is 0 Å². The molecule has 0 aromatic carbocycles. The van der Waals surface area contributed by atoms with Gasteiger partial charge in [0.2, 0.25) is 0 Å². The highest BCUT2D eigenvalue weighted by molar-refractivity contribution is 5.69. The van der Waals surface area contributed by atoms with Crippen molar-refractivity contribution < 1.29 is 28.5 Å². The first-order valence-corrected chi connectivity index (χ1v) is 13.2. The Kier molecular flexibility index (Phi) is 6.70. The van der Waals surface area contributed by atoms with Gasteiger partial charge in [0.1, 0.15) is 6.10 Å². The van der Waals surface area contributed by atoms with Crippen LogP contribution >= 0.6 is 0 Å². The van der Waals surface area contributed by atoms with E-state index in [4.69, 9.17) is 4.74 Å². The van der Waals surface area contributed by atoms with Crippen molar-refractivity contribution in [2.24, 2.45) is 52.3 Å². The number of methoxy groups -OCH3 is 1. The van der Waals surface area contributed by atoms with Gasteiger partial charge in [-0.2, -0.15) is 0 Å². The second-order valence-electron chi connectivity index (χ2n) is 12.4. The fourth-order valence-electron chi connectivity index (χ4n) is 9.66. The van der Waals surface area contributed by atoms with Gasteiger partial charge in [-0.15, -0.1) is 0 Å². The van der Waals surface area contributed by atoms with Crippen molar-refractivity contribution in [1.82, 2.24) is 0 Å². The number of esters is 1. The number of fused-ring (bicyclic) bond motifs is 5. The molecule has 0 spiro atoms. The number of halogens is 2. The Hall–Kier alpha value is -0.750. The Morgan fingerprint density at radius 3 is 2.33 bits per heavy atom. The van der Waals surface area contributed by atoms with Crippen LogP contribution < -0.4 is 0 Å². The number of hydrogen-bond acceptors (Lipinski definition) is 4. The highest BCUT2D eigenvalue weighted by Gasteiger charge is 2.70. The summed E-state index contributed by atoms with van der Waals surface area (Å²) in [6.45, 7) is 8.55. The van der Waals surface area contributed by atoms with Gasteiger partial charge in [0.15, 0.2) is 0 Å². The van der Waals surface area contributed by atoms with E-state index in [0.29, 0.717) is 37.0 Å². The quantitative estimate of drug-likeness (QED) is 0.525. The van der Waals surface area contributed by atoms with Crippen LogP contribution in [0, 0.1) is 52.3 Å². The van der Waals surface area contributed by atoms with E-state index >= 15 is 8.78 Å². The van der Waals surface area contributed by atoms with E-state index in [1.807, 2.05) is 13.8 Å². The van der Waals surface area contributed by atoms with Crippen molar-refractivity contribution in [3.8, 4) is 0 Å². The third-order valence-corrected chi connectivity index (χ3v) is 11.2. The molecule has 0 saturated heterocycles. The van der Waals surface area contributed by atoms with E-state index in [9.17, 15) is 15.0 Å². The minimum Gasteiger partial charge on any atom is -0.469 e. The molecule has 4 rings (SSSR count). The van der Waals surface area contributed by atoms with Crippen LogP contribution in [0.1, 0.15) is 85.5 Å². The molecule has 4 unspecified atom stereocenters. The van der Waals surface area contributed by atoms with Crippen LogP contribution in [0.2, 0.25) is 0 Å². The molecule has 4 aliphatic carbocycles. The molecule has 6 heteroatoms. The second kappa shape index (κ2) is 8.72. The Balaban J connectivity index is 1.63. The number of hydrogen-bond donors (Lipinski definition) is 2. The summed E-state index contributed by atoms with van der Waals surface area (Å²) in [5.41, 5.74) is -0.487. The molecule has 0 heterocycles. The first-order valence-electron chi connectivity index (χ1n) is 13.2. The van der Waals surface area contributed by atoms with Crippen molar-refractivity contribution in [2.45, 2.75) is 104 Å². The van der Waals surface area contributed by atoms with Gasteiger partial charge < -0.3 is 14.9 Å². The highest BCUT2D eigenvalue weighted by atomic mass is 19.3. The summed E-state index contributed by atoms with van der Waals surface area (Å²) < 4.78 is 35.7. The molecular weight excluding hydrogens is 426 g/mol. The molecule has 4 nitrogen and oxygen atoms in total. The molecule has 33 heavy (non-hydrogen) atoms. The van der Waals surface area contributed by atoms with E-state index in [1.165, 1.54) is 7.11 Å². The molecule has 4 aliphatic rings. The lowest BCUT2D eigenvalue weighted by Crippen LogP contribution is -2.67. The molecule has 0 aliphatic heterocycles. The van der Waals surface area contributed by atoms with Crippen molar-refractivity contribution in [1.29, 1.82) is 0 Å². The number of aliphatic hydroxyl groups is 2. The van der Waals surface area contributed by atoms with Gasteiger partial charge in [-0.25, -0.2) is 8.78 Å². The van der Waals surface area contributed by atoms with E-state index in [1.54, 1.807) is 0 Å². The number of rotatable bonds is 5. The number of ether oxygens (including phenoxy) is 1. The molecule has 4 saturated carbocycles. The highest BCUT2D eigenvalue weighted by Crippen LogP contribution is 2.71. The molecule has 11 atom stereocenters. The van der Waals surface area contributed by atoms with Gasteiger partial charge in [-0.3, -0.25) is 4.79 Å². The van der Waals surface area contributed by atoms with E-state index in [-0.39, 0.29) is 29.6 Å².